The molecule has 0 unspecified atom stereocenters. The molecule has 3 atom stereocenters. The van der Waals surface area contributed by atoms with Crippen molar-refractivity contribution in [2.45, 2.75) is 33.1 Å². The summed E-state index contributed by atoms with van der Waals surface area (Å²) in [5.74, 6) is 1.59. The second-order valence-corrected chi connectivity index (χ2v) is 5.22. The van der Waals surface area contributed by atoms with Crippen LogP contribution in [0.3, 0.4) is 0 Å². The van der Waals surface area contributed by atoms with E-state index in [4.69, 9.17) is 11.6 Å². The van der Waals surface area contributed by atoms with Crippen molar-refractivity contribution in [2.24, 2.45) is 23.2 Å². The van der Waals surface area contributed by atoms with Gasteiger partial charge in [-0.3, -0.25) is 4.79 Å². The van der Waals surface area contributed by atoms with Gasteiger partial charge in [-0.1, -0.05) is 13.8 Å². The smallest absolute Gasteiger partial charge is 0.225 e. The normalized spacial score (nSPS) is 43.4. The summed E-state index contributed by atoms with van der Waals surface area (Å²) >= 11 is 5.56. The minimum atomic E-state index is -0.105. The summed E-state index contributed by atoms with van der Waals surface area (Å²) < 4.78 is 0. The lowest BCUT2D eigenvalue weighted by Crippen LogP contribution is -2.53. The summed E-state index contributed by atoms with van der Waals surface area (Å²) in [6, 6.07) is 0. The Morgan fingerprint density at radius 3 is 2.42 bits per heavy atom. The number of hydrogen-bond acceptors (Lipinski definition) is 1. The van der Waals surface area contributed by atoms with Gasteiger partial charge in [0.25, 0.3) is 0 Å². The molecule has 0 spiro atoms. The van der Waals surface area contributed by atoms with Gasteiger partial charge in [0.15, 0.2) is 0 Å². The molecule has 0 aromatic carbocycles. The number of fused-ring (bicyclic) bond motifs is 2. The molecule has 0 amide bonds. The van der Waals surface area contributed by atoms with Crippen molar-refractivity contribution in [3.8, 4) is 0 Å². The number of rotatable bonds is 1. The fraction of sp³-hybridized carbons (Fsp3) is 0.900. The van der Waals surface area contributed by atoms with Gasteiger partial charge in [0.1, 0.15) is 0 Å². The van der Waals surface area contributed by atoms with Crippen molar-refractivity contribution in [2.75, 3.05) is 0 Å². The third kappa shape index (κ3) is 0.953. The first-order chi connectivity index (χ1) is 5.53. The highest BCUT2D eigenvalue weighted by Crippen LogP contribution is 2.61. The average Bonchev–Trinajstić information content (AvgIpc) is 2.04. The zero-order chi connectivity index (χ0) is 8.93. The summed E-state index contributed by atoms with van der Waals surface area (Å²) in [5, 5.41) is -0.105. The molecule has 2 bridgehead atoms. The Kier molecular flexibility index (Phi) is 1.76. The highest BCUT2D eigenvalue weighted by atomic mass is 35.5. The molecule has 2 heteroatoms. The summed E-state index contributed by atoms with van der Waals surface area (Å²) in [7, 11) is 0. The lowest BCUT2D eigenvalue weighted by atomic mass is 9.46. The van der Waals surface area contributed by atoms with E-state index in [-0.39, 0.29) is 11.2 Å². The third-order valence-corrected chi connectivity index (χ3v) is 4.43. The van der Waals surface area contributed by atoms with Crippen LogP contribution in [-0.4, -0.2) is 5.24 Å². The van der Waals surface area contributed by atoms with Gasteiger partial charge in [-0.05, 0) is 48.1 Å². The van der Waals surface area contributed by atoms with Gasteiger partial charge in [0, 0.05) is 5.92 Å². The molecule has 0 aromatic heterocycles. The molecule has 0 N–H and O–H groups in total. The molecule has 68 valence electrons. The first-order valence-electron chi connectivity index (χ1n) is 4.73. The number of carbonyl (C=O) groups excluding carboxylic acids is 1. The van der Waals surface area contributed by atoms with Gasteiger partial charge in [-0.2, -0.15) is 0 Å². The second kappa shape index (κ2) is 2.47. The van der Waals surface area contributed by atoms with Gasteiger partial charge in [-0.15, -0.1) is 0 Å². The van der Waals surface area contributed by atoms with E-state index in [9.17, 15) is 4.79 Å². The van der Waals surface area contributed by atoms with Crippen LogP contribution in [0.4, 0.5) is 0 Å². The molecule has 0 aliphatic heterocycles. The van der Waals surface area contributed by atoms with Crippen molar-refractivity contribution in [3.05, 3.63) is 0 Å². The number of carbonyl (C=O) groups is 1. The minimum absolute atomic E-state index is 0.105. The van der Waals surface area contributed by atoms with E-state index in [2.05, 4.69) is 13.8 Å². The van der Waals surface area contributed by atoms with Crippen molar-refractivity contribution in [1.29, 1.82) is 0 Å². The highest BCUT2D eigenvalue weighted by molar-refractivity contribution is 6.64. The molecule has 0 heterocycles. The molecule has 3 saturated carbocycles. The first kappa shape index (κ1) is 8.55. The third-order valence-electron chi connectivity index (χ3n) is 4.15. The lowest BCUT2D eigenvalue weighted by Gasteiger charge is -2.59. The van der Waals surface area contributed by atoms with Crippen LogP contribution >= 0.6 is 11.6 Å². The van der Waals surface area contributed by atoms with Crippen LogP contribution in [0, 0.1) is 23.2 Å². The quantitative estimate of drug-likeness (QED) is 0.576. The molecule has 0 radical (unpaired) electrons. The predicted molar refractivity (Wildman–Crippen MR) is 49.0 cm³/mol. The van der Waals surface area contributed by atoms with E-state index in [1.165, 1.54) is 12.8 Å². The van der Waals surface area contributed by atoms with Crippen molar-refractivity contribution >= 4 is 16.8 Å². The summed E-state index contributed by atoms with van der Waals surface area (Å²) in [5.41, 5.74) is 0.382. The lowest BCUT2D eigenvalue weighted by molar-refractivity contribution is -0.138. The van der Waals surface area contributed by atoms with Gasteiger partial charge in [-0.25, -0.2) is 0 Å². The molecule has 3 aliphatic rings. The van der Waals surface area contributed by atoms with E-state index in [0.717, 1.165) is 12.3 Å². The van der Waals surface area contributed by atoms with E-state index >= 15 is 0 Å². The zero-order valence-corrected chi connectivity index (χ0v) is 8.40. The second-order valence-electron chi connectivity index (χ2n) is 4.85. The fourth-order valence-electron chi connectivity index (χ4n) is 3.08. The Morgan fingerprint density at radius 1 is 1.42 bits per heavy atom. The van der Waals surface area contributed by atoms with Crippen LogP contribution in [0.5, 0.6) is 0 Å². The molecule has 0 saturated heterocycles. The Hall–Kier alpha value is -0.0400. The standard InChI is InChI=1S/C10H15ClO/c1-10(2)6-3-4-7(9(11)12)8(10)5-6/h6-8H,3-5H2,1-2H3/t6-,7-,8-/m1/s1. The van der Waals surface area contributed by atoms with Gasteiger partial charge in [0.2, 0.25) is 5.24 Å². The predicted octanol–water partition coefficient (Wildman–Crippen LogP) is 2.82. The highest BCUT2D eigenvalue weighted by Gasteiger charge is 2.55. The molecule has 1 nitrogen and oxygen atoms in total. The maximum atomic E-state index is 11.1. The number of halogens is 1. The van der Waals surface area contributed by atoms with Crippen LogP contribution < -0.4 is 0 Å². The monoisotopic (exact) mass is 186 g/mol. The molecular formula is C10H15ClO. The Bertz CT molecular complexity index is 220. The van der Waals surface area contributed by atoms with Crippen LogP contribution in [0.15, 0.2) is 0 Å². The fourth-order valence-corrected chi connectivity index (χ4v) is 3.34. The molecule has 3 fully saturated rings. The Morgan fingerprint density at radius 2 is 2.08 bits per heavy atom. The van der Waals surface area contributed by atoms with E-state index in [0.29, 0.717) is 11.3 Å². The molecule has 3 rings (SSSR count). The van der Waals surface area contributed by atoms with Gasteiger partial charge < -0.3 is 0 Å². The summed E-state index contributed by atoms with van der Waals surface area (Å²) in [6.45, 7) is 4.55. The topological polar surface area (TPSA) is 17.1 Å². The summed E-state index contributed by atoms with van der Waals surface area (Å²) in [4.78, 5) is 11.1. The van der Waals surface area contributed by atoms with Gasteiger partial charge in [0.05, 0.1) is 0 Å². The molecule has 3 aliphatic carbocycles. The van der Waals surface area contributed by atoms with Crippen LogP contribution in [0.25, 0.3) is 0 Å². The molecule has 12 heavy (non-hydrogen) atoms. The summed E-state index contributed by atoms with van der Waals surface area (Å²) in [6.07, 6.45) is 3.46. The maximum absolute atomic E-state index is 11.1. The Balaban J connectivity index is 2.16. The average molecular weight is 187 g/mol. The van der Waals surface area contributed by atoms with Crippen molar-refractivity contribution < 1.29 is 4.79 Å². The van der Waals surface area contributed by atoms with Crippen LogP contribution in [-0.2, 0) is 4.79 Å². The largest absolute Gasteiger partial charge is 0.281 e. The van der Waals surface area contributed by atoms with Crippen LogP contribution in [0.2, 0.25) is 0 Å². The minimum Gasteiger partial charge on any atom is -0.281 e. The first-order valence-corrected chi connectivity index (χ1v) is 5.10. The van der Waals surface area contributed by atoms with Crippen molar-refractivity contribution in [1.82, 2.24) is 0 Å². The van der Waals surface area contributed by atoms with Gasteiger partial charge >= 0.3 is 0 Å². The van der Waals surface area contributed by atoms with Crippen LogP contribution in [0.1, 0.15) is 33.1 Å². The maximum Gasteiger partial charge on any atom is 0.225 e. The zero-order valence-electron chi connectivity index (χ0n) is 7.64. The molecular weight excluding hydrogens is 172 g/mol. The Labute approximate surface area is 78.5 Å². The van der Waals surface area contributed by atoms with E-state index in [1.54, 1.807) is 0 Å². The van der Waals surface area contributed by atoms with E-state index < -0.39 is 0 Å². The SMILES string of the molecule is CC1(C)[C@@H]2CC[C@@H](C(=O)Cl)[C@H]1C2. The molecule has 0 aromatic rings. The van der Waals surface area contributed by atoms with Crippen molar-refractivity contribution in [3.63, 3.8) is 0 Å². The van der Waals surface area contributed by atoms with E-state index in [1.807, 2.05) is 0 Å². The number of hydrogen-bond donors (Lipinski definition) is 0.